The first-order valence-corrected chi connectivity index (χ1v) is 32.3. The van der Waals surface area contributed by atoms with Crippen molar-refractivity contribution in [3.05, 3.63) is 58.3 Å². The summed E-state index contributed by atoms with van der Waals surface area (Å²) in [5.41, 5.74) is 9.12. The smallest absolute Gasteiger partial charge is 0.0796 e. The van der Waals surface area contributed by atoms with Crippen LogP contribution in [0.5, 0.6) is 0 Å². The Labute approximate surface area is 533 Å². The van der Waals surface area contributed by atoms with E-state index in [0.717, 1.165) is 164 Å². The first-order valence-electron chi connectivity index (χ1n) is 29.0. The number of nitrogens with zero attached hydrogens (tertiary/aromatic N) is 4. The van der Waals surface area contributed by atoms with Crippen molar-refractivity contribution in [2.75, 3.05) is 181 Å². The molecular weight excluding hydrogens is 1170 g/mol. The summed E-state index contributed by atoms with van der Waals surface area (Å²) in [6.07, 6.45) is 1.18. The highest BCUT2D eigenvalue weighted by Crippen LogP contribution is 2.40. The van der Waals surface area contributed by atoms with Crippen molar-refractivity contribution >= 4 is 120 Å². The van der Waals surface area contributed by atoms with Gasteiger partial charge in [-0.25, -0.2) is 0 Å². The topological polar surface area (TPSA) is 98.0 Å². The van der Waals surface area contributed by atoms with E-state index in [1.165, 1.54) is 28.7 Å². The van der Waals surface area contributed by atoms with Crippen LogP contribution in [0.3, 0.4) is 0 Å². The van der Waals surface area contributed by atoms with Crippen molar-refractivity contribution in [1.82, 2.24) is 19.6 Å². The molecule has 0 aliphatic carbocycles. The van der Waals surface area contributed by atoms with Gasteiger partial charge in [0.1, 0.15) is 0 Å². The fraction of sp³-hybridized carbons (Fsp3) is 0.738. The third-order valence-electron chi connectivity index (χ3n) is 13.3. The number of hydrogen-bond donors (Lipinski definition) is 4. The maximum Gasteiger partial charge on any atom is 0.0796 e. The van der Waals surface area contributed by atoms with Crippen LogP contribution in [0.15, 0.2) is 0 Å². The van der Waals surface area contributed by atoms with E-state index in [1.807, 2.05) is 14.1 Å². The standard InChI is InChI=1S/2C16H28N2OS2.C15H26N2OS2.C14H24N2OS2/c1-6-8-18(5)9-11-19-10-7-17-13-12(16(2,3)4)14(20)15(13)21;1-6-18(7-2)9-11-19-10-8-17-13-12(16(3,4)5)14(20)15(13)21;1-6-17(5)8-10-18-9-7-16-12-11(15(2,3)4)13(19)14(12)20;1-14(2,3)10-11(13(19)12(10)18)15-6-8-17-9-7-16(4)5/h2*17H,6-11H2,1-5H3;16H,6-10H2,1-5H3;15H,6-9H2,1-5H3. The highest BCUT2D eigenvalue weighted by Gasteiger charge is 2.28. The van der Waals surface area contributed by atoms with E-state index < -0.39 is 0 Å². The average Bonchev–Trinajstić information content (AvgIpc) is 3.37. The molecule has 0 saturated heterocycles. The lowest BCUT2D eigenvalue weighted by molar-refractivity contribution is 0.114. The monoisotopic (exact) mass is 1270 g/mol. The van der Waals surface area contributed by atoms with Crippen molar-refractivity contribution in [2.45, 2.75) is 139 Å². The second-order valence-electron chi connectivity index (χ2n) is 24.8. The molecule has 81 heavy (non-hydrogen) atoms. The van der Waals surface area contributed by atoms with E-state index in [4.69, 9.17) is 117 Å². The third-order valence-corrected chi connectivity index (χ3v) is 17.1. The molecule has 20 heteroatoms. The molecule has 0 saturated carbocycles. The van der Waals surface area contributed by atoms with Crippen molar-refractivity contribution in [3.8, 4) is 0 Å². The van der Waals surface area contributed by atoms with E-state index in [-0.39, 0.29) is 21.7 Å². The van der Waals surface area contributed by atoms with Crippen LogP contribution >= 0.6 is 97.7 Å². The number of nitrogens with one attached hydrogen (secondary N) is 4. The van der Waals surface area contributed by atoms with Gasteiger partial charge < -0.3 is 59.8 Å². The van der Waals surface area contributed by atoms with Crippen LogP contribution in [-0.4, -0.2) is 179 Å². The Morgan fingerprint density at radius 1 is 0.321 bits per heavy atom. The molecule has 4 N–H and O–H groups in total. The predicted molar refractivity (Wildman–Crippen MR) is 371 cm³/mol. The van der Waals surface area contributed by atoms with Gasteiger partial charge in [0.05, 0.1) is 112 Å². The molecule has 462 valence electrons. The highest BCUT2D eigenvalue weighted by atomic mass is 32.1. The molecule has 4 aromatic carbocycles. The first kappa shape index (κ1) is 77.6. The summed E-state index contributed by atoms with van der Waals surface area (Å²) in [4.78, 5) is 8.97. The predicted octanol–water partition coefficient (Wildman–Crippen LogP) is 15.2. The Bertz CT molecular complexity index is 2750. The maximum absolute atomic E-state index is 5.67. The molecule has 4 rings (SSSR count). The summed E-state index contributed by atoms with van der Waals surface area (Å²) in [5.74, 6) is 0. The van der Waals surface area contributed by atoms with Gasteiger partial charge in [0.25, 0.3) is 0 Å². The first-order chi connectivity index (χ1) is 37.6. The molecular formula is C61H106N8O4S8. The Kier molecular flexibility index (Phi) is 36.4. The van der Waals surface area contributed by atoms with Gasteiger partial charge in [-0.15, -0.1) is 0 Å². The second-order valence-corrected chi connectivity index (χ2v) is 28.1. The normalized spacial score (nSPS) is 12.3. The van der Waals surface area contributed by atoms with Crippen molar-refractivity contribution < 1.29 is 18.9 Å². The number of rotatable bonds is 33. The number of anilines is 4. The van der Waals surface area contributed by atoms with Crippen LogP contribution in [0, 0.1) is 36.1 Å². The van der Waals surface area contributed by atoms with Gasteiger partial charge in [-0.05, 0) is 82.5 Å². The zero-order valence-corrected chi connectivity index (χ0v) is 60.1. The largest absolute Gasteiger partial charge is 0.381 e. The van der Waals surface area contributed by atoms with Crippen LogP contribution < -0.4 is 21.3 Å². The summed E-state index contributed by atoms with van der Waals surface area (Å²) in [7, 11) is 8.29. The Hall–Kier alpha value is -1.44. The lowest BCUT2D eigenvalue weighted by Crippen LogP contribution is -2.28. The van der Waals surface area contributed by atoms with Crippen molar-refractivity contribution in [1.29, 1.82) is 0 Å². The van der Waals surface area contributed by atoms with Gasteiger partial charge in [-0.3, -0.25) is 0 Å². The summed E-state index contributed by atoms with van der Waals surface area (Å²) in [6, 6.07) is 0. The highest BCUT2D eigenvalue weighted by molar-refractivity contribution is 7.75. The fourth-order valence-corrected chi connectivity index (χ4v) is 11.7. The molecule has 0 heterocycles. The minimum atomic E-state index is 0.0470. The molecule has 0 atom stereocenters. The van der Waals surface area contributed by atoms with E-state index in [0.29, 0.717) is 26.4 Å². The fourth-order valence-electron chi connectivity index (χ4n) is 8.58. The average molecular weight is 1270 g/mol. The summed E-state index contributed by atoms with van der Waals surface area (Å²) >= 11 is 42.6. The van der Waals surface area contributed by atoms with Crippen LogP contribution in [0.1, 0.15) is 139 Å². The number of ether oxygens (including phenoxy) is 4. The SMILES string of the molecule is CCCN(C)CCOCCNc1c(C(C)(C)C)c(=S)c1=S.CCN(C)CCOCCNc1c(C(C)(C)C)c(=S)c1=S.CCN(CC)CCOCCNc1c(C(C)(C)C)c(=S)c1=S.CN(C)CCOCCNc1c(C(C)(C)C)c(=S)c1=S. The van der Waals surface area contributed by atoms with Crippen LogP contribution in [0.4, 0.5) is 22.7 Å². The molecule has 0 aliphatic rings. The molecule has 4 aromatic rings. The molecule has 0 bridgehead atoms. The van der Waals surface area contributed by atoms with Crippen molar-refractivity contribution in [2.24, 2.45) is 0 Å². The lowest BCUT2D eigenvalue weighted by atomic mass is 9.83. The summed E-state index contributed by atoms with van der Waals surface area (Å²) in [6.45, 7) is 51.7. The van der Waals surface area contributed by atoms with E-state index in [9.17, 15) is 0 Å². The molecule has 0 amide bonds. The van der Waals surface area contributed by atoms with Crippen LogP contribution in [0.25, 0.3) is 0 Å². The molecule has 0 radical (unpaired) electrons. The zero-order valence-electron chi connectivity index (χ0n) is 53.5. The van der Waals surface area contributed by atoms with Gasteiger partial charge in [0.15, 0.2) is 0 Å². The Morgan fingerprint density at radius 2 is 0.580 bits per heavy atom. The summed E-state index contributed by atoms with van der Waals surface area (Å²) < 4.78 is 29.1. The minimum Gasteiger partial charge on any atom is -0.381 e. The van der Waals surface area contributed by atoms with E-state index >= 15 is 0 Å². The van der Waals surface area contributed by atoms with Crippen molar-refractivity contribution in [3.63, 3.8) is 0 Å². The Balaban J connectivity index is 0.000000540. The number of likely N-dealkylation sites (N-methyl/N-ethyl adjacent to an activating group) is 4. The quantitative estimate of drug-likeness (QED) is 0.0269. The molecule has 0 aromatic heterocycles. The summed E-state index contributed by atoms with van der Waals surface area (Å²) in [5, 5.41) is 13.5. The van der Waals surface area contributed by atoms with Crippen LogP contribution in [0.2, 0.25) is 0 Å². The molecule has 0 unspecified atom stereocenters. The maximum atomic E-state index is 5.67. The van der Waals surface area contributed by atoms with Crippen LogP contribution in [-0.2, 0) is 40.6 Å². The Morgan fingerprint density at radius 3 is 0.815 bits per heavy atom. The second kappa shape index (κ2) is 38.0. The number of hydrogen-bond acceptors (Lipinski definition) is 20. The van der Waals surface area contributed by atoms with Gasteiger partial charge in [-0.1, -0.05) is 209 Å². The molecule has 12 nitrogen and oxygen atoms in total. The zero-order chi connectivity index (χ0) is 62.1. The lowest BCUT2D eigenvalue weighted by Gasteiger charge is -2.27. The van der Waals surface area contributed by atoms with Gasteiger partial charge in [-0.2, -0.15) is 0 Å². The van der Waals surface area contributed by atoms with Gasteiger partial charge in [0.2, 0.25) is 0 Å². The molecule has 0 fully saturated rings. The third kappa shape index (κ3) is 26.6. The van der Waals surface area contributed by atoms with E-state index in [2.05, 4.69) is 166 Å². The van der Waals surface area contributed by atoms with Gasteiger partial charge >= 0.3 is 0 Å². The van der Waals surface area contributed by atoms with E-state index in [1.54, 1.807) is 0 Å². The molecule has 0 aliphatic heterocycles. The minimum absolute atomic E-state index is 0.0470. The van der Waals surface area contributed by atoms with Gasteiger partial charge in [0, 0.05) is 74.6 Å². The molecule has 0 spiro atoms.